The predicted octanol–water partition coefficient (Wildman–Crippen LogP) is 1.69. The molecule has 1 amide bonds. The maximum Gasteiger partial charge on any atom is 0.245 e. The Morgan fingerprint density at radius 1 is 1.47 bits per heavy atom. The number of H-pyrrole nitrogens is 1. The highest BCUT2D eigenvalue weighted by atomic mass is 16.2. The van der Waals surface area contributed by atoms with Crippen LogP contribution in [0, 0.1) is 0 Å². The van der Waals surface area contributed by atoms with Gasteiger partial charge in [0, 0.05) is 11.8 Å². The zero-order valence-electron chi connectivity index (χ0n) is 11.1. The molecule has 0 aromatic carbocycles. The van der Waals surface area contributed by atoms with Crippen molar-refractivity contribution in [3.8, 4) is 0 Å². The van der Waals surface area contributed by atoms with Crippen LogP contribution in [0.15, 0.2) is 6.07 Å². The Bertz CT molecular complexity index is 370. The molecule has 3 N–H and O–H groups in total. The van der Waals surface area contributed by atoms with E-state index in [0.29, 0.717) is 5.82 Å². The lowest BCUT2D eigenvalue weighted by Crippen LogP contribution is -2.49. The average molecular weight is 238 g/mol. The van der Waals surface area contributed by atoms with Crippen LogP contribution in [0.4, 0.5) is 5.82 Å². The molecule has 0 radical (unpaired) electrons. The number of anilines is 1. The zero-order chi connectivity index (χ0) is 12.9. The van der Waals surface area contributed by atoms with E-state index < -0.39 is 5.54 Å². The van der Waals surface area contributed by atoms with E-state index in [0.717, 1.165) is 25.1 Å². The fraction of sp³-hybridized carbons (Fsp3) is 0.667. The van der Waals surface area contributed by atoms with Crippen LogP contribution < -0.4 is 10.6 Å². The Hall–Kier alpha value is -1.36. The number of carbonyl (C=O) groups is 1. The minimum Gasteiger partial charge on any atom is -0.308 e. The molecule has 0 aliphatic rings. The van der Waals surface area contributed by atoms with Crippen molar-refractivity contribution in [1.29, 1.82) is 0 Å². The minimum atomic E-state index is -0.585. The molecule has 0 unspecified atom stereocenters. The van der Waals surface area contributed by atoms with Gasteiger partial charge in [-0.25, -0.2) is 0 Å². The summed E-state index contributed by atoms with van der Waals surface area (Å²) in [7, 11) is 0. The topological polar surface area (TPSA) is 69.8 Å². The van der Waals surface area contributed by atoms with Crippen LogP contribution in [0.1, 0.15) is 39.8 Å². The number of aryl methyl sites for hydroxylation is 1. The van der Waals surface area contributed by atoms with Gasteiger partial charge in [0.1, 0.15) is 0 Å². The van der Waals surface area contributed by atoms with Crippen molar-refractivity contribution in [2.24, 2.45) is 0 Å². The normalized spacial score (nSPS) is 11.5. The molecule has 0 aliphatic heterocycles. The lowest BCUT2D eigenvalue weighted by Gasteiger charge is -2.23. The van der Waals surface area contributed by atoms with Gasteiger partial charge in [-0.2, -0.15) is 5.10 Å². The number of nitrogens with one attached hydrogen (secondary N) is 3. The standard InChI is InChI=1S/C12H22N4O/c1-5-7-9-8-10(16-15-9)14-11(17)12(3,4)13-6-2/h8,13H,5-7H2,1-4H3,(H2,14,15,16,17). The van der Waals surface area contributed by atoms with E-state index in [-0.39, 0.29) is 5.91 Å². The monoisotopic (exact) mass is 238 g/mol. The van der Waals surface area contributed by atoms with Gasteiger partial charge in [-0.3, -0.25) is 9.89 Å². The summed E-state index contributed by atoms with van der Waals surface area (Å²) in [5.41, 5.74) is 0.461. The summed E-state index contributed by atoms with van der Waals surface area (Å²) < 4.78 is 0. The lowest BCUT2D eigenvalue weighted by atomic mass is 10.0. The molecule has 1 rings (SSSR count). The first-order valence-corrected chi connectivity index (χ1v) is 6.10. The fourth-order valence-electron chi connectivity index (χ4n) is 1.62. The fourth-order valence-corrected chi connectivity index (χ4v) is 1.62. The molecule has 0 fully saturated rings. The van der Waals surface area contributed by atoms with Crippen molar-refractivity contribution in [1.82, 2.24) is 15.5 Å². The number of likely N-dealkylation sites (N-methyl/N-ethyl adjacent to an activating group) is 1. The smallest absolute Gasteiger partial charge is 0.245 e. The van der Waals surface area contributed by atoms with Gasteiger partial charge in [0.25, 0.3) is 0 Å². The van der Waals surface area contributed by atoms with E-state index >= 15 is 0 Å². The molecule has 1 heterocycles. The maximum absolute atomic E-state index is 12.0. The highest BCUT2D eigenvalue weighted by Crippen LogP contribution is 2.10. The highest BCUT2D eigenvalue weighted by molar-refractivity contribution is 5.96. The van der Waals surface area contributed by atoms with Gasteiger partial charge in [0.15, 0.2) is 5.82 Å². The van der Waals surface area contributed by atoms with Crippen LogP contribution in [-0.4, -0.2) is 28.2 Å². The van der Waals surface area contributed by atoms with E-state index in [9.17, 15) is 4.79 Å². The number of rotatable bonds is 6. The summed E-state index contributed by atoms with van der Waals surface area (Å²) in [6.07, 6.45) is 2.00. The van der Waals surface area contributed by atoms with E-state index in [1.807, 2.05) is 26.8 Å². The number of carbonyl (C=O) groups excluding carboxylic acids is 1. The Kier molecular flexibility index (Phi) is 4.69. The van der Waals surface area contributed by atoms with E-state index in [2.05, 4.69) is 27.8 Å². The molecular formula is C12H22N4O. The summed E-state index contributed by atoms with van der Waals surface area (Å²) in [4.78, 5) is 12.0. The number of aromatic nitrogens is 2. The van der Waals surface area contributed by atoms with Gasteiger partial charge < -0.3 is 10.6 Å². The Balaban J connectivity index is 2.61. The van der Waals surface area contributed by atoms with Crippen LogP contribution in [0.25, 0.3) is 0 Å². The van der Waals surface area contributed by atoms with Crippen molar-refractivity contribution < 1.29 is 4.79 Å². The summed E-state index contributed by atoms with van der Waals surface area (Å²) in [6.45, 7) is 8.54. The van der Waals surface area contributed by atoms with Gasteiger partial charge in [-0.1, -0.05) is 20.3 Å². The molecule has 0 spiro atoms. The molecule has 1 aromatic rings. The quantitative estimate of drug-likeness (QED) is 0.706. The number of aromatic amines is 1. The molecule has 0 bridgehead atoms. The lowest BCUT2D eigenvalue weighted by molar-refractivity contribution is -0.121. The molecule has 0 saturated heterocycles. The SMILES string of the molecule is CCCc1cc(NC(=O)C(C)(C)NCC)n[nH]1. The van der Waals surface area contributed by atoms with Gasteiger partial charge in [-0.15, -0.1) is 0 Å². The third-order valence-corrected chi connectivity index (χ3v) is 2.58. The van der Waals surface area contributed by atoms with E-state index in [1.54, 1.807) is 0 Å². The van der Waals surface area contributed by atoms with Crippen LogP contribution in [0.5, 0.6) is 0 Å². The summed E-state index contributed by atoms with van der Waals surface area (Å²) in [6, 6.07) is 1.88. The number of hydrogen-bond acceptors (Lipinski definition) is 3. The Labute approximate surface area is 102 Å². The van der Waals surface area contributed by atoms with Crippen molar-refractivity contribution in [2.45, 2.75) is 46.1 Å². The molecule has 0 aliphatic carbocycles. The number of hydrogen-bond donors (Lipinski definition) is 3. The molecule has 96 valence electrons. The van der Waals surface area contributed by atoms with Gasteiger partial charge >= 0.3 is 0 Å². The second-order valence-electron chi connectivity index (χ2n) is 4.64. The second-order valence-corrected chi connectivity index (χ2v) is 4.64. The molecule has 0 saturated carbocycles. The highest BCUT2D eigenvalue weighted by Gasteiger charge is 2.26. The molecule has 1 aromatic heterocycles. The van der Waals surface area contributed by atoms with Crippen molar-refractivity contribution in [3.63, 3.8) is 0 Å². The van der Waals surface area contributed by atoms with E-state index in [1.165, 1.54) is 0 Å². The maximum atomic E-state index is 12.0. The van der Waals surface area contributed by atoms with Gasteiger partial charge in [-0.05, 0) is 26.8 Å². The predicted molar refractivity (Wildman–Crippen MR) is 69.0 cm³/mol. The zero-order valence-corrected chi connectivity index (χ0v) is 11.1. The summed E-state index contributed by atoms with van der Waals surface area (Å²) in [5, 5.41) is 12.9. The van der Waals surface area contributed by atoms with Gasteiger partial charge in [0.2, 0.25) is 5.91 Å². The summed E-state index contributed by atoms with van der Waals surface area (Å²) in [5.74, 6) is 0.512. The number of amides is 1. The molecule has 5 nitrogen and oxygen atoms in total. The third-order valence-electron chi connectivity index (χ3n) is 2.58. The van der Waals surface area contributed by atoms with Crippen molar-refractivity contribution in [3.05, 3.63) is 11.8 Å². The van der Waals surface area contributed by atoms with Gasteiger partial charge in [0.05, 0.1) is 5.54 Å². The molecule has 17 heavy (non-hydrogen) atoms. The van der Waals surface area contributed by atoms with Crippen molar-refractivity contribution in [2.75, 3.05) is 11.9 Å². The number of nitrogens with zero attached hydrogens (tertiary/aromatic N) is 1. The molecule has 0 atom stereocenters. The van der Waals surface area contributed by atoms with Crippen molar-refractivity contribution >= 4 is 11.7 Å². The minimum absolute atomic E-state index is 0.0751. The third kappa shape index (κ3) is 3.85. The average Bonchev–Trinajstić information content (AvgIpc) is 2.66. The Morgan fingerprint density at radius 2 is 2.18 bits per heavy atom. The molecular weight excluding hydrogens is 216 g/mol. The van der Waals surface area contributed by atoms with Crippen LogP contribution in [0.2, 0.25) is 0 Å². The van der Waals surface area contributed by atoms with E-state index in [4.69, 9.17) is 0 Å². The first-order valence-electron chi connectivity index (χ1n) is 6.10. The first-order chi connectivity index (χ1) is 7.99. The molecule has 5 heteroatoms. The van der Waals surface area contributed by atoms with Crippen LogP contribution in [0.3, 0.4) is 0 Å². The van der Waals surface area contributed by atoms with Crippen LogP contribution in [-0.2, 0) is 11.2 Å². The second kappa shape index (κ2) is 5.82. The largest absolute Gasteiger partial charge is 0.308 e. The summed E-state index contributed by atoms with van der Waals surface area (Å²) >= 11 is 0. The first kappa shape index (κ1) is 13.7. The van der Waals surface area contributed by atoms with Crippen LogP contribution >= 0.6 is 0 Å². The Morgan fingerprint density at radius 3 is 2.76 bits per heavy atom.